The van der Waals surface area contributed by atoms with E-state index in [1.807, 2.05) is 0 Å². The van der Waals surface area contributed by atoms with Crippen LogP contribution in [0.2, 0.25) is 10.0 Å². The molecule has 12 heteroatoms. The number of nitrogens with one attached hydrogen (secondary N) is 2. The fourth-order valence-corrected chi connectivity index (χ4v) is 4.58. The molecule has 2 heterocycles. The molecule has 1 aromatic heterocycles. The van der Waals surface area contributed by atoms with E-state index in [1.54, 1.807) is 44.4 Å². The van der Waals surface area contributed by atoms with E-state index in [0.29, 0.717) is 35.1 Å². The number of carbonyl (C=O) groups excluding carboxylic acids is 3. The second-order valence-corrected chi connectivity index (χ2v) is 10.4. The summed E-state index contributed by atoms with van der Waals surface area (Å²) in [6.45, 7) is 7.12. The van der Waals surface area contributed by atoms with Crippen molar-refractivity contribution in [2.75, 3.05) is 11.9 Å². The van der Waals surface area contributed by atoms with E-state index < -0.39 is 29.4 Å². The van der Waals surface area contributed by atoms with Gasteiger partial charge in [-0.15, -0.1) is 11.3 Å². The maximum Gasteiger partial charge on any atom is 0.413 e. The van der Waals surface area contributed by atoms with Crippen LogP contribution in [0.15, 0.2) is 23.6 Å². The largest absolute Gasteiger partial charge is 0.444 e. The Hall–Kier alpha value is -2.56. The Kier molecular flexibility index (Phi) is 7.95. The fraction of sp³-hybridized carbons (Fsp3) is 0.455. The average Bonchev–Trinajstić information content (AvgIpc) is 3.35. The quantitative estimate of drug-likeness (QED) is 0.494. The molecule has 2 aromatic rings. The van der Waals surface area contributed by atoms with Gasteiger partial charge in [0, 0.05) is 31.8 Å². The molecule has 1 fully saturated rings. The highest BCUT2D eigenvalue weighted by atomic mass is 35.5. The lowest BCUT2D eigenvalue weighted by Crippen LogP contribution is -2.49. The van der Waals surface area contributed by atoms with E-state index in [-0.39, 0.29) is 11.7 Å². The number of benzene rings is 1. The number of ether oxygens (including phenoxy) is 2. The molecule has 0 aliphatic carbocycles. The lowest BCUT2D eigenvalue weighted by Gasteiger charge is -2.36. The van der Waals surface area contributed by atoms with Crippen LogP contribution < -0.4 is 10.6 Å². The summed E-state index contributed by atoms with van der Waals surface area (Å²) in [5.74, 6) is -0.558. The Labute approximate surface area is 211 Å². The van der Waals surface area contributed by atoms with Gasteiger partial charge in [0.2, 0.25) is 5.72 Å². The zero-order valence-corrected chi connectivity index (χ0v) is 21.6. The van der Waals surface area contributed by atoms with Gasteiger partial charge in [-0.05, 0) is 44.9 Å². The Morgan fingerprint density at radius 1 is 1.24 bits per heavy atom. The van der Waals surface area contributed by atoms with Gasteiger partial charge >= 0.3 is 18.1 Å². The molecule has 1 aromatic carbocycles. The third kappa shape index (κ3) is 6.31. The molecule has 1 atom stereocenters. The molecule has 2 N–H and O–H groups in total. The molecule has 34 heavy (non-hydrogen) atoms. The van der Waals surface area contributed by atoms with Gasteiger partial charge in [0.1, 0.15) is 11.3 Å². The van der Waals surface area contributed by atoms with Gasteiger partial charge in [-0.1, -0.05) is 29.3 Å². The van der Waals surface area contributed by atoms with Crippen LogP contribution in [0.5, 0.6) is 0 Å². The van der Waals surface area contributed by atoms with Crippen LogP contribution in [0.25, 0.3) is 0 Å². The number of carbonyl (C=O) groups is 3. The van der Waals surface area contributed by atoms with Crippen molar-refractivity contribution in [3.63, 3.8) is 0 Å². The number of halogens is 2. The van der Waals surface area contributed by atoms with Gasteiger partial charge in [0.25, 0.3) is 0 Å². The first-order valence-electron chi connectivity index (χ1n) is 10.5. The molecule has 9 nitrogen and oxygen atoms in total. The van der Waals surface area contributed by atoms with Crippen LogP contribution >= 0.6 is 34.5 Å². The molecular formula is C22H26Cl2N4O5S. The van der Waals surface area contributed by atoms with Crippen LogP contribution in [-0.4, -0.2) is 40.1 Å². The average molecular weight is 529 g/mol. The number of hydrogen-bond acceptors (Lipinski definition) is 7. The molecule has 3 rings (SSSR count). The molecule has 184 valence electrons. The van der Waals surface area contributed by atoms with Crippen molar-refractivity contribution in [1.82, 2.24) is 15.2 Å². The third-order valence-electron chi connectivity index (χ3n) is 4.82. The predicted octanol–water partition coefficient (Wildman–Crippen LogP) is 5.52. The van der Waals surface area contributed by atoms with E-state index in [4.69, 9.17) is 32.7 Å². The molecule has 0 spiro atoms. The number of aromatic nitrogens is 1. The Morgan fingerprint density at radius 2 is 1.97 bits per heavy atom. The highest BCUT2D eigenvalue weighted by molar-refractivity contribution is 7.13. The van der Waals surface area contributed by atoms with Crippen LogP contribution in [0.4, 0.5) is 14.7 Å². The summed E-state index contributed by atoms with van der Waals surface area (Å²) >= 11 is 13.1. The van der Waals surface area contributed by atoms with Crippen molar-refractivity contribution in [2.24, 2.45) is 0 Å². The van der Waals surface area contributed by atoms with Gasteiger partial charge in [-0.3, -0.25) is 15.0 Å². The Morgan fingerprint density at radius 3 is 2.62 bits per heavy atom. The summed E-state index contributed by atoms with van der Waals surface area (Å²) in [7, 11) is 0. The van der Waals surface area contributed by atoms with Crippen LogP contribution in [0.1, 0.15) is 51.8 Å². The first-order valence-corrected chi connectivity index (χ1v) is 12.2. The standard InChI is InChI=1S/C22H26Cl2N4O5S/c1-13(29)32-22(8-5-9-28(22)20(31)33-21(2,3)4)17-12-34-19(26-17)27-18(30)25-11-14-6-7-15(23)16(24)10-14/h6-7,10,12H,5,8-9,11H2,1-4H3,(H2,25,26,27,30). The van der Waals surface area contributed by atoms with E-state index in [9.17, 15) is 14.4 Å². The minimum atomic E-state index is -1.40. The zero-order chi connectivity index (χ0) is 25.1. The number of amides is 3. The number of nitrogens with zero attached hydrogens (tertiary/aromatic N) is 2. The molecule has 0 radical (unpaired) electrons. The van der Waals surface area contributed by atoms with Gasteiger partial charge in [0.15, 0.2) is 5.13 Å². The monoisotopic (exact) mass is 528 g/mol. The Balaban J connectivity index is 1.73. The maximum atomic E-state index is 12.9. The number of thiazole rings is 1. The van der Waals surface area contributed by atoms with E-state index in [2.05, 4.69) is 15.6 Å². The third-order valence-corrected chi connectivity index (χ3v) is 6.32. The number of hydrogen-bond donors (Lipinski definition) is 2. The van der Waals surface area contributed by atoms with Gasteiger partial charge in [-0.25, -0.2) is 14.6 Å². The smallest absolute Gasteiger partial charge is 0.413 e. The predicted molar refractivity (Wildman–Crippen MR) is 130 cm³/mol. The lowest BCUT2D eigenvalue weighted by molar-refractivity contribution is -0.177. The van der Waals surface area contributed by atoms with Gasteiger partial charge < -0.3 is 14.8 Å². The minimum Gasteiger partial charge on any atom is -0.444 e. The molecule has 1 aliphatic heterocycles. The second kappa shape index (κ2) is 10.4. The first kappa shape index (κ1) is 26.1. The number of anilines is 1. The van der Waals surface area contributed by atoms with Crippen LogP contribution in [-0.2, 0) is 26.5 Å². The molecule has 1 aliphatic rings. The van der Waals surface area contributed by atoms with E-state index in [0.717, 1.165) is 16.9 Å². The maximum absolute atomic E-state index is 12.9. The molecule has 0 bridgehead atoms. The number of rotatable bonds is 5. The number of likely N-dealkylation sites (tertiary alicyclic amines) is 1. The molecule has 1 saturated heterocycles. The van der Waals surface area contributed by atoms with Crippen molar-refractivity contribution < 1.29 is 23.9 Å². The SMILES string of the molecule is CC(=O)OC1(c2csc(NC(=O)NCc3ccc(Cl)c(Cl)c3)n2)CCCN1C(=O)OC(C)(C)C. The first-order chi connectivity index (χ1) is 15.9. The molecule has 1 unspecified atom stereocenters. The van der Waals surface area contributed by atoms with E-state index >= 15 is 0 Å². The minimum absolute atomic E-state index is 0.227. The molecule has 3 amide bonds. The Bertz CT molecular complexity index is 1090. The van der Waals surface area contributed by atoms with Gasteiger partial charge in [-0.2, -0.15) is 0 Å². The fourth-order valence-electron chi connectivity index (χ4n) is 3.49. The van der Waals surface area contributed by atoms with E-state index in [1.165, 1.54) is 11.8 Å². The number of esters is 1. The topological polar surface area (TPSA) is 110 Å². The molecular weight excluding hydrogens is 503 g/mol. The van der Waals surface area contributed by atoms with Crippen LogP contribution in [0, 0.1) is 0 Å². The summed E-state index contributed by atoms with van der Waals surface area (Å²) in [6, 6.07) is 4.59. The summed E-state index contributed by atoms with van der Waals surface area (Å²) < 4.78 is 11.2. The normalized spacial score (nSPS) is 17.9. The number of urea groups is 1. The summed E-state index contributed by atoms with van der Waals surface area (Å²) in [4.78, 5) is 43.0. The second-order valence-electron chi connectivity index (χ2n) is 8.71. The van der Waals surface area contributed by atoms with Crippen molar-refractivity contribution >= 4 is 57.8 Å². The van der Waals surface area contributed by atoms with Crippen molar-refractivity contribution in [2.45, 2.75) is 58.4 Å². The highest BCUT2D eigenvalue weighted by Gasteiger charge is 2.51. The van der Waals surface area contributed by atoms with Crippen molar-refractivity contribution in [3.05, 3.63) is 44.9 Å². The van der Waals surface area contributed by atoms with Gasteiger partial charge in [0.05, 0.1) is 10.0 Å². The van der Waals surface area contributed by atoms with Crippen molar-refractivity contribution in [3.8, 4) is 0 Å². The van der Waals surface area contributed by atoms with Crippen molar-refractivity contribution in [1.29, 1.82) is 0 Å². The molecule has 0 saturated carbocycles. The summed E-state index contributed by atoms with van der Waals surface area (Å²) in [5.41, 5.74) is -1.00. The highest BCUT2D eigenvalue weighted by Crippen LogP contribution is 2.42. The lowest BCUT2D eigenvalue weighted by atomic mass is 10.1. The zero-order valence-electron chi connectivity index (χ0n) is 19.2. The summed E-state index contributed by atoms with van der Waals surface area (Å²) in [6.07, 6.45) is 0.350. The van der Waals surface area contributed by atoms with Crippen LogP contribution in [0.3, 0.4) is 0 Å². The summed E-state index contributed by atoms with van der Waals surface area (Å²) in [5, 5.41) is 8.13.